The lowest BCUT2D eigenvalue weighted by Crippen LogP contribution is -2.46. The summed E-state index contributed by atoms with van der Waals surface area (Å²) in [7, 11) is 0. The third-order valence-electron chi connectivity index (χ3n) is 33.6. The Morgan fingerprint density at radius 1 is 0.312 bits per heavy atom. The second-order valence-electron chi connectivity index (χ2n) is 52.2. The first-order valence-electron chi connectivity index (χ1n) is 57.4. The van der Waals surface area contributed by atoms with Crippen LogP contribution in [0, 0.1) is 171 Å². The van der Waals surface area contributed by atoms with Gasteiger partial charge in [-0.2, -0.15) is 0 Å². The number of alkyl halides is 6. The van der Waals surface area contributed by atoms with Gasteiger partial charge in [0.05, 0.1) is 12.3 Å². The molecular weight excluding hydrogens is 1580 g/mol. The molecule has 0 amide bonds. The van der Waals surface area contributed by atoms with Gasteiger partial charge in [0.15, 0.2) is 0 Å². The molecule has 1 aromatic carbocycles. The van der Waals surface area contributed by atoms with Crippen LogP contribution in [-0.4, -0.2) is 24.2 Å². The fraction of sp³-hybridized carbons (Fsp3) is 0.951. The molecule has 0 heterocycles. The summed E-state index contributed by atoms with van der Waals surface area (Å²) in [6, 6.07) is 10.8. The Labute approximate surface area is 798 Å². The number of hydrogen-bond donors (Lipinski definition) is 0. The highest BCUT2D eigenvalue weighted by Gasteiger charge is 2.51. The Kier molecular flexibility index (Phi) is 59.7. The summed E-state index contributed by atoms with van der Waals surface area (Å²) in [4.78, 5) is 0. The number of fused-ring (bicyclic) bond motifs is 9. The second-order valence-corrected chi connectivity index (χ2v) is 52.2. The third-order valence-corrected chi connectivity index (χ3v) is 33.6. The van der Waals surface area contributed by atoms with Gasteiger partial charge < -0.3 is 0 Å². The van der Waals surface area contributed by atoms with E-state index in [-0.39, 0.29) is 12.8 Å². The molecule has 0 aromatic heterocycles. The Balaban J connectivity index is 0.000000296. The molecule has 0 aliphatic heterocycles. The Morgan fingerprint density at radius 2 is 0.680 bits per heavy atom. The first kappa shape index (κ1) is 119. The van der Waals surface area contributed by atoms with E-state index in [9.17, 15) is 26.3 Å². The molecule has 756 valence electrons. The van der Waals surface area contributed by atoms with Crippen LogP contribution < -0.4 is 0 Å². The van der Waals surface area contributed by atoms with Crippen molar-refractivity contribution in [2.75, 3.05) is 0 Å². The molecule has 6 heteroatoms. The molecule has 10 unspecified atom stereocenters. The lowest BCUT2D eigenvalue weighted by atomic mass is 9.48. The lowest BCUT2D eigenvalue weighted by Gasteiger charge is -2.57. The highest BCUT2D eigenvalue weighted by Crippen LogP contribution is 2.63. The van der Waals surface area contributed by atoms with E-state index >= 15 is 0 Å². The minimum Gasteiger partial charge on any atom is -0.248 e. The van der Waals surface area contributed by atoms with Gasteiger partial charge in [-0.15, -0.1) is 0 Å². The van der Waals surface area contributed by atoms with Gasteiger partial charge in [0, 0.05) is 12.8 Å². The number of benzene rings is 1. The minimum absolute atomic E-state index is 0.0185. The predicted octanol–water partition coefficient (Wildman–Crippen LogP) is 42.2. The standard InChI is InChI=1S/C15H26.C13H20.3C12H22.2C11H20.C10H20F2.C10H21F.C9H19F.C7H14F2/c1-11(2)3-4-15-8-12-5-13(9-15)7-14(6-12)10-15;1-12(2)8-6-7-11-13-9-4-3-5-10-13;1-9(2)7-12-8-10-3-5-11(12)6-4-10;1-9(2)3-5-11-7-10-4-6-12(11)8-10;1-9(2)5-12-7-10-3-4-11(6-10)8-12;1-8(2)5-11-7-9-3-4-10(11)6-9;1-9(2)6-10-7-11(8-10)4-3-5-11;1-9(2)7-5-4-6-8-10(3,11)12;1-4-10(11)8-6-5-7-9(2)3;1-4-9(10)7-5-6-8(2)3;1-6(2)4-5-7(3,8)9/h11-14H,3-10H2,1-2H3;3-5,9-10,12H,6-8,11H2,1-2H3;3*9-12H,3-8H2,1-2H3;8-11H,3-7H2,1-2H3;9-10H,3-8H2,1-2H3;9H,4-8H2,1-3H3;9-10H,4-8H2,1-3H3;8-9H,4-7H2,1-3H3;6H,4-5H2,1-3H3/t;;;;10-,11+,12?;;;;;;. The molecule has 16 rings (SSSR count). The second kappa shape index (κ2) is 64.1. The van der Waals surface area contributed by atoms with E-state index < -0.39 is 24.2 Å². The molecule has 0 saturated heterocycles. The molecule has 0 N–H and O–H groups in total. The Bertz CT molecular complexity index is 2700. The van der Waals surface area contributed by atoms with Gasteiger partial charge in [0.1, 0.15) is 0 Å². The van der Waals surface area contributed by atoms with Crippen LogP contribution in [0.5, 0.6) is 0 Å². The summed E-state index contributed by atoms with van der Waals surface area (Å²) >= 11 is 0. The first-order valence-corrected chi connectivity index (χ1v) is 57.4. The van der Waals surface area contributed by atoms with E-state index in [0.717, 1.165) is 218 Å². The summed E-state index contributed by atoms with van der Waals surface area (Å²) in [5.41, 5.74) is 3.21. The highest BCUT2D eigenvalue weighted by molar-refractivity contribution is 5.14. The van der Waals surface area contributed by atoms with Crippen LogP contribution in [0.25, 0.3) is 0 Å². The largest absolute Gasteiger partial charge is 0.248 e. The van der Waals surface area contributed by atoms with Crippen LogP contribution in [0.3, 0.4) is 0 Å². The zero-order chi connectivity index (χ0) is 95.2. The van der Waals surface area contributed by atoms with Crippen molar-refractivity contribution in [2.45, 2.75) is 570 Å². The summed E-state index contributed by atoms with van der Waals surface area (Å²) < 4.78 is 74.0. The fourth-order valence-corrected chi connectivity index (χ4v) is 27.0. The summed E-state index contributed by atoms with van der Waals surface area (Å²) in [5.74, 6) is 22.1. The van der Waals surface area contributed by atoms with Crippen molar-refractivity contribution in [3.63, 3.8) is 0 Å². The van der Waals surface area contributed by atoms with E-state index in [0.29, 0.717) is 37.5 Å². The van der Waals surface area contributed by atoms with E-state index in [4.69, 9.17) is 0 Å². The van der Waals surface area contributed by atoms with Gasteiger partial charge in [0.2, 0.25) is 11.8 Å². The zero-order valence-electron chi connectivity index (χ0n) is 90.7. The molecular formula is C122H226F6. The van der Waals surface area contributed by atoms with Gasteiger partial charge in [-0.05, 0) is 421 Å². The number of hydrogen-bond acceptors (Lipinski definition) is 0. The molecule has 15 aliphatic rings. The third kappa shape index (κ3) is 54.8. The van der Waals surface area contributed by atoms with Gasteiger partial charge in [-0.25, -0.2) is 26.3 Å². The van der Waals surface area contributed by atoms with Crippen molar-refractivity contribution in [1.29, 1.82) is 0 Å². The quantitative estimate of drug-likeness (QED) is 0.0455. The number of halogens is 6. The van der Waals surface area contributed by atoms with Crippen LogP contribution in [0.2, 0.25) is 0 Å². The van der Waals surface area contributed by atoms with Crippen molar-refractivity contribution < 1.29 is 26.3 Å². The van der Waals surface area contributed by atoms with Crippen molar-refractivity contribution in [3.05, 3.63) is 35.9 Å². The van der Waals surface area contributed by atoms with Gasteiger partial charge in [-0.3, -0.25) is 0 Å². The highest BCUT2D eigenvalue weighted by atomic mass is 19.3. The normalized spacial score (nSPS) is 28.5. The van der Waals surface area contributed by atoms with E-state index in [1.807, 2.05) is 27.7 Å². The van der Waals surface area contributed by atoms with Gasteiger partial charge in [-0.1, -0.05) is 318 Å². The van der Waals surface area contributed by atoms with Crippen LogP contribution in [-0.2, 0) is 6.42 Å². The van der Waals surface area contributed by atoms with Gasteiger partial charge >= 0.3 is 0 Å². The monoisotopic (exact) mass is 1810 g/mol. The molecule has 1 spiro atoms. The molecule has 0 nitrogen and oxygen atoms in total. The molecule has 0 radical (unpaired) electrons. The number of aryl methyl sites for hydroxylation is 1. The van der Waals surface area contributed by atoms with Crippen LogP contribution in [0.4, 0.5) is 26.3 Å². The van der Waals surface area contributed by atoms with E-state index in [2.05, 4.69) is 169 Å². The molecule has 15 saturated carbocycles. The maximum Gasteiger partial charge on any atom is 0.245 e. The molecule has 15 aliphatic carbocycles. The van der Waals surface area contributed by atoms with E-state index in [1.165, 1.54) is 102 Å². The van der Waals surface area contributed by atoms with Crippen LogP contribution in [0.15, 0.2) is 30.3 Å². The van der Waals surface area contributed by atoms with Crippen molar-refractivity contribution >= 4 is 0 Å². The number of rotatable bonds is 39. The fourth-order valence-electron chi connectivity index (χ4n) is 27.0. The molecule has 1 aromatic rings. The minimum atomic E-state index is -2.47. The van der Waals surface area contributed by atoms with Crippen molar-refractivity contribution in [3.8, 4) is 0 Å². The van der Waals surface area contributed by atoms with Crippen LogP contribution >= 0.6 is 0 Å². The SMILES string of the molecule is CC(C)CC1CC2(CCC2)C1.CC(C)CC1CC2CCC1C2.CC(C)CC1CC2CCC1CC2.CC(C)CC1C[C@H]2CC[C@@H](C1)C2.CC(C)CCC(C)(F)F.CC(C)CCC12CC3CC(CC(C3)C1)C2.CC(C)CCC1CC2CCC1C2.CC(C)CCCCCC(C)(F)F.CC(C)CCCCc1ccccc1.CCC(F)CCCC(C)C.CCC(F)CCCCC(C)C. The summed E-state index contributed by atoms with van der Waals surface area (Å²) in [5, 5.41) is 0. The molecule has 12 atom stereocenters. The Hall–Kier alpha value is -1.20. The first-order chi connectivity index (χ1) is 60.3. The average molecular weight is 1810 g/mol. The average Bonchev–Trinajstić information content (AvgIpc) is 0.978. The molecule has 15 fully saturated rings. The summed E-state index contributed by atoms with van der Waals surface area (Å²) in [6.45, 7) is 55.8. The molecule has 128 heavy (non-hydrogen) atoms. The maximum absolute atomic E-state index is 12.7. The van der Waals surface area contributed by atoms with Crippen molar-refractivity contribution in [1.82, 2.24) is 0 Å². The smallest absolute Gasteiger partial charge is 0.245 e. The van der Waals surface area contributed by atoms with Gasteiger partial charge in [0.25, 0.3) is 0 Å². The maximum atomic E-state index is 12.7. The van der Waals surface area contributed by atoms with Crippen molar-refractivity contribution in [2.24, 2.45) is 171 Å². The molecule has 12 bridgehead atoms. The number of unbranched alkanes of at least 4 members (excludes halogenated alkanes) is 4. The lowest BCUT2D eigenvalue weighted by molar-refractivity contribution is -0.0595. The predicted molar refractivity (Wildman–Crippen MR) is 555 cm³/mol. The zero-order valence-corrected chi connectivity index (χ0v) is 90.7. The van der Waals surface area contributed by atoms with E-state index in [1.54, 1.807) is 186 Å². The topological polar surface area (TPSA) is 0 Å². The Morgan fingerprint density at radius 3 is 1.06 bits per heavy atom. The van der Waals surface area contributed by atoms with Crippen LogP contribution in [0.1, 0.15) is 545 Å². The summed E-state index contributed by atoms with van der Waals surface area (Å²) in [6.07, 6.45) is 74.9.